The summed E-state index contributed by atoms with van der Waals surface area (Å²) in [5.41, 5.74) is 0. The van der Waals surface area contributed by atoms with Gasteiger partial charge in [0.05, 0.1) is 6.54 Å². The van der Waals surface area contributed by atoms with E-state index in [1.807, 2.05) is 0 Å². The number of hydrogen-bond acceptors (Lipinski definition) is 2. The van der Waals surface area contributed by atoms with Gasteiger partial charge in [-0.2, -0.15) is 0 Å². The smallest absolute Gasteiger partial charge is 0.234 e. The predicted molar refractivity (Wildman–Crippen MR) is 79.1 cm³/mol. The van der Waals surface area contributed by atoms with Crippen LogP contribution in [0.5, 0.6) is 0 Å². The molecule has 1 aliphatic carbocycles. The minimum Gasteiger partial charge on any atom is -0.353 e. The van der Waals surface area contributed by atoms with Gasteiger partial charge in [-0.05, 0) is 44.6 Å². The first-order chi connectivity index (χ1) is 8.08. The van der Waals surface area contributed by atoms with Crippen LogP contribution >= 0.6 is 12.4 Å². The Bertz CT molecular complexity index is 230. The van der Waals surface area contributed by atoms with E-state index in [0.29, 0.717) is 12.6 Å². The highest BCUT2D eigenvalue weighted by molar-refractivity contribution is 5.85. The first-order valence-electron chi connectivity index (χ1n) is 7.08. The zero-order valence-corrected chi connectivity index (χ0v) is 12.8. The standard InChI is InChI=1S/C14H28N2O.ClH/c1-11(2)5-4-6-12(3)16-14(17)10-15-9-13-7-8-13;/h11-13,15H,4-10H2,1-3H3,(H,16,17);1H. The Hall–Kier alpha value is -0.280. The van der Waals surface area contributed by atoms with Gasteiger partial charge in [0.15, 0.2) is 0 Å². The second kappa shape index (κ2) is 9.62. The Morgan fingerprint density at radius 1 is 1.22 bits per heavy atom. The van der Waals surface area contributed by atoms with Crippen molar-refractivity contribution in [1.82, 2.24) is 10.6 Å². The molecule has 0 heterocycles. The van der Waals surface area contributed by atoms with E-state index < -0.39 is 0 Å². The van der Waals surface area contributed by atoms with Crippen molar-refractivity contribution in [1.29, 1.82) is 0 Å². The summed E-state index contributed by atoms with van der Waals surface area (Å²) in [5, 5.41) is 6.26. The second-order valence-electron chi connectivity index (χ2n) is 5.87. The summed E-state index contributed by atoms with van der Waals surface area (Å²) in [6, 6.07) is 0.309. The van der Waals surface area contributed by atoms with Crippen LogP contribution in [0.25, 0.3) is 0 Å². The lowest BCUT2D eigenvalue weighted by Crippen LogP contribution is -2.39. The first-order valence-corrected chi connectivity index (χ1v) is 7.08. The SMILES string of the molecule is CC(C)CCCC(C)NC(=O)CNCC1CC1.Cl. The molecule has 1 atom stereocenters. The highest BCUT2D eigenvalue weighted by atomic mass is 35.5. The van der Waals surface area contributed by atoms with Gasteiger partial charge in [0, 0.05) is 6.04 Å². The quantitative estimate of drug-likeness (QED) is 0.680. The topological polar surface area (TPSA) is 41.1 Å². The zero-order chi connectivity index (χ0) is 12.7. The van der Waals surface area contributed by atoms with Crippen molar-refractivity contribution in [2.45, 2.75) is 58.9 Å². The summed E-state index contributed by atoms with van der Waals surface area (Å²) in [4.78, 5) is 11.6. The zero-order valence-electron chi connectivity index (χ0n) is 12.0. The number of carbonyl (C=O) groups excluding carboxylic acids is 1. The van der Waals surface area contributed by atoms with Gasteiger partial charge < -0.3 is 10.6 Å². The van der Waals surface area contributed by atoms with Gasteiger partial charge in [-0.25, -0.2) is 0 Å². The van der Waals surface area contributed by atoms with E-state index >= 15 is 0 Å². The molecule has 0 spiro atoms. The molecule has 1 rings (SSSR count). The molecule has 1 aliphatic rings. The van der Waals surface area contributed by atoms with Crippen molar-refractivity contribution < 1.29 is 4.79 Å². The molecule has 2 N–H and O–H groups in total. The number of carbonyl (C=O) groups is 1. The molecule has 1 amide bonds. The summed E-state index contributed by atoms with van der Waals surface area (Å²) < 4.78 is 0. The summed E-state index contributed by atoms with van der Waals surface area (Å²) in [6.07, 6.45) is 6.21. The van der Waals surface area contributed by atoms with Gasteiger partial charge in [-0.3, -0.25) is 4.79 Å². The molecule has 0 radical (unpaired) electrons. The molecule has 0 aromatic carbocycles. The van der Waals surface area contributed by atoms with Crippen molar-refractivity contribution >= 4 is 18.3 Å². The third-order valence-electron chi connectivity index (χ3n) is 3.24. The lowest BCUT2D eigenvalue weighted by molar-refractivity contribution is -0.120. The monoisotopic (exact) mass is 276 g/mol. The summed E-state index contributed by atoms with van der Waals surface area (Å²) in [5.74, 6) is 1.74. The van der Waals surface area contributed by atoms with Gasteiger partial charge in [0.2, 0.25) is 5.91 Å². The van der Waals surface area contributed by atoms with Crippen LogP contribution in [0.15, 0.2) is 0 Å². The number of nitrogens with one attached hydrogen (secondary N) is 2. The summed E-state index contributed by atoms with van der Waals surface area (Å²) >= 11 is 0. The van der Waals surface area contributed by atoms with Crippen molar-refractivity contribution in [2.24, 2.45) is 11.8 Å². The number of rotatable bonds is 9. The van der Waals surface area contributed by atoms with Crippen LogP contribution in [0.2, 0.25) is 0 Å². The van der Waals surface area contributed by atoms with Gasteiger partial charge >= 0.3 is 0 Å². The van der Waals surface area contributed by atoms with Crippen LogP contribution in [-0.4, -0.2) is 25.0 Å². The number of amides is 1. The lowest BCUT2D eigenvalue weighted by atomic mass is 10.0. The van der Waals surface area contributed by atoms with Gasteiger partial charge in [-0.1, -0.05) is 26.7 Å². The van der Waals surface area contributed by atoms with Crippen molar-refractivity contribution in [3.8, 4) is 0 Å². The maximum Gasteiger partial charge on any atom is 0.234 e. The van der Waals surface area contributed by atoms with Crippen LogP contribution in [0, 0.1) is 11.8 Å². The fourth-order valence-electron chi connectivity index (χ4n) is 1.94. The van der Waals surface area contributed by atoms with Crippen molar-refractivity contribution in [2.75, 3.05) is 13.1 Å². The molecule has 1 fully saturated rings. The van der Waals surface area contributed by atoms with E-state index in [4.69, 9.17) is 0 Å². The van der Waals surface area contributed by atoms with Gasteiger partial charge in [0.25, 0.3) is 0 Å². The Morgan fingerprint density at radius 2 is 1.89 bits per heavy atom. The third-order valence-corrected chi connectivity index (χ3v) is 3.24. The molecule has 0 aliphatic heterocycles. The van der Waals surface area contributed by atoms with E-state index in [1.54, 1.807) is 0 Å². The average Bonchev–Trinajstić information content (AvgIpc) is 3.00. The normalized spacial score (nSPS) is 16.2. The minimum atomic E-state index is 0. The minimum absolute atomic E-state index is 0. The predicted octanol–water partition coefficient (Wildman–Crippen LogP) is 2.74. The van der Waals surface area contributed by atoms with E-state index in [2.05, 4.69) is 31.4 Å². The molecule has 0 saturated heterocycles. The number of hydrogen-bond donors (Lipinski definition) is 2. The third kappa shape index (κ3) is 9.72. The molecule has 1 saturated carbocycles. The van der Waals surface area contributed by atoms with E-state index in [-0.39, 0.29) is 18.3 Å². The lowest BCUT2D eigenvalue weighted by Gasteiger charge is -2.14. The molecule has 3 nitrogen and oxygen atoms in total. The van der Waals surface area contributed by atoms with Crippen LogP contribution in [0.1, 0.15) is 52.9 Å². The molecular formula is C14H29ClN2O. The Morgan fingerprint density at radius 3 is 2.44 bits per heavy atom. The van der Waals surface area contributed by atoms with Gasteiger partial charge in [-0.15, -0.1) is 12.4 Å². The summed E-state index contributed by atoms with van der Waals surface area (Å²) in [7, 11) is 0. The second-order valence-corrected chi connectivity index (χ2v) is 5.87. The molecule has 4 heteroatoms. The first kappa shape index (κ1) is 17.7. The molecule has 0 aromatic heterocycles. The fraction of sp³-hybridized carbons (Fsp3) is 0.929. The number of halogens is 1. The molecule has 0 bridgehead atoms. The van der Waals surface area contributed by atoms with Gasteiger partial charge in [0.1, 0.15) is 0 Å². The van der Waals surface area contributed by atoms with E-state index in [9.17, 15) is 4.79 Å². The average molecular weight is 277 g/mol. The Balaban J connectivity index is 0.00000289. The van der Waals surface area contributed by atoms with Crippen LogP contribution in [0.4, 0.5) is 0 Å². The van der Waals surface area contributed by atoms with E-state index in [1.165, 1.54) is 25.7 Å². The highest BCUT2D eigenvalue weighted by Crippen LogP contribution is 2.27. The molecule has 18 heavy (non-hydrogen) atoms. The van der Waals surface area contributed by atoms with Crippen LogP contribution in [0.3, 0.4) is 0 Å². The molecule has 1 unspecified atom stereocenters. The summed E-state index contributed by atoms with van der Waals surface area (Å²) in [6.45, 7) is 8.06. The molecular weight excluding hydrogens is 248 g/mol. The molecule has 0 aromatic rings. The maximum atomic E-state index is 11.6. The largest absolute Gasteiger partial charge is 0.353 e. The Kier molecular flexibility index (Phi) is 9.47. The Labute approximate surface area is 118 Å². The van der Waals surface area contributed by atoms with Crippen LogP contribution in [-0.2, 0) is 4.79 Å². The van der Waals surface area contributed by atoms with E-state index in [0.717, 1.165) is 24.8 Å². The fourth-order valence-corrected chi connectivity index (χ4v) is 1.94. The van der Waals surface area contributed by atoms with Crippen LogP contribution < -0.4 is 10.6 Å². The highest BCUT2D eigenvalue weighted by Gasteiger charge is 2.20. The molecule has 108 valence electrons. The maximum absolute atomic E-state index is 11.6. The van der Waals surface area contributed by atoms with Crippen molar-refractivity contribution in [3.63, 3.8) is 0 Å². The van der Waals surface area contributed by atoms with Crippen molar-refractivity contribution in [3.05, 3.63) is 0 Å².